The maximum atomic E-state index is 11.9. The number of anilines is 2. The third kappa shape index (κ3) is 4.84. The molecule has 21 heavy (non-hydrogen) atoms. The molecule has 0 unspecified atom stereocenters. The molecule has 2 N–H and O–H groups in total. The minimum absolute atomic E-state index is 0.220. The van der Waals surface area contributed by atoms with E-state index in [2.05, 4.69) is 10.6 Å². The number of hydrogen-bond donors (Lipinski definition) is 2. The molecule has 2 rings (SSSR count). The van der Waals surface area contributed by atoms with Gasteiger partial charge in [0, 0.05) is 24.5 Å². The highest BCUT2D eigenvalue weighted by molar-refractivity contribution is 5.74. The predicted octanol–water partition coefficient (Wildman–Crippen LogP) is 3.00. The van der Waals surface area contributed by atoms with Crippen LogP contribution in [0.3, 0.4) is 0 Å². The Hall–Kier alpha value is -2.49. The summed E-state index contributed by atoms with van der Waals surface area (Å²) in [6.07, 6.45) is 0. The lowest BCUT2D eigenvalue weighted by atomic mass is 10.1. The number of carbonyl (C=O) groups excluding carboxylic acids is 1. The Morgan fingerprint density at radius 3 is 1.71 bits per heavy atom. The van der Waals surface area contributed by atoms with Gasteiger partial charge >= 0.3 is 5.97 Å². The third-order valence-corrected chi connectivity index (χ3v) is 3.19. The van der Waals surface area contributed by atoms with E-state index < -0.39 is 0 Å². The highest BCUT2D eigenvalue weighted by Crippen LogP contribution is 2.10. The maximum Gasteiger partial charge on any atom is 0.312 e. The van der Waals surface area contributed by atoms with Crippen molar-refractivity contribution in [3.05, 3.63) is 60.7 Å². The molecule has 0 saturated heterocycles. The van der Waals surface area contributed by atoms with Gasteiger partial charge in [-0.2, -0.15) is 0 Å². The number of ether oxygens (including phenoxy) is 1. The molecule has 0 atom stereocenters. The largest absolute Gasteiger partial charge is 0.469 e. The first-order valence-corrected chi connectivity index (χ1v) is 6.95. The SMILES string of the molecule is COC(=O)C(CNc1ccccc1)CNc1ccccc1. The van der Waals surface area contributed by atoms with Crippen molar-refractivity contribution in [2.24, 2.45) is 5.92 Å². The first-order valence-electron chi connectivity index (χ1n) is 6.95. The zero-order valence-electron chi connectivity index (χ0n) is 12.1. The zero-order valence-corrected chi connectivity index (χ0v) is 12.1. The first-order chi connectivity index (χ1) is 10.3. The lowest BCUT2D eigenvalue weighted by Gasteiger charge is -2.17. The van der Waals surface area contributed by atoms with Crippen LogP contribution in [0.5, 0.6) is 0 Å². The number of rotatable bonds is 7. The molecule has 0 amide bonds. The summed E-state index contributed by atoms with van der Waals surface area (Å²) >= 11 is 0. The van der Waals surface area contributed by atoms with E-state index in [1.54, 1.807) is 0 Å². The van der Waals surface area contributed by atoms with Crippen LogP contribution in [-0.4, -0.2) is 26.2 Å². The summed E-state index contributed by atoms with van der Waals surface area (Å²) in [5.74, 6) is -0.475. The summed E-state index contributed by atoms with van der Waals surface area (Å²) in [5.41, 5.74) is 1.98. The molecule has 2 aromatic rings. The number of nitrogens with one attached hydrogen (secondary N) is 2. The molecule has 2 aromatic carbocycles. The molecule has 4 nitrogen and oxygen atoms in total. The van der Waals surface area contributed by atoms with Gasteiger partial charge in [0.25, 0.3) is 0 Å². The quantitative estimate of drug-likeness (QED) is 0.767. The Balaban J connectivity index is 1.90. The van der Waals surface area contributed by atoms with Crippen molar-refractivity contribution < 1.29 is 9.53 Å². The number of carbonyl (C=O) groups is 1. The second-order valence-corrected chi connectivity index (χ2v) is 4.71. The lowest BCUT2D eigenvalue weighted by Crippen LogP contribution is -2.30. The van der Waals surface area contributed by atoms with Crippen LogP contribution in [0.25, 0.3) is 0 Å². The van der Waals surface area contributed by atoms with Gasteiger partial charge in [-0.25, -0.2) is 0 Å². The van der Waals surface area contributed by atoms with Crippen LogP contribution in [0, 0.1) is 5.92 Å². The Morgan fingerprint density at radius 1 is 0.905 bits per heavy atom. The summed E-state index contributed by atoms with van der Waals surface area (Å²) in [6.45, 7) is 1.05. The second-order valence-electron chi connectivity index (χ2n) is 4.71. The molecule has 0 radical (unpaired) electrons. The van der Waals surface area contributed by atoms with Crippen LogP contribution in [0.1, 0.15) is 0 Å². The van der Waals surface area contributed by atoms with E-state index in [4.69, 9.17) is 4.74 Å². The monoisotopic (exact) mass is 284 g/mol. The fourth-order valence-corrected chi connectivity index (χ4v) is 2.00. The molecule has 0 aliphatic carbocycles. The van der Waals surface area contributed by atoms with Gasteiger partial charge in [-0.3, -0.25) is 4.79 Å². The summed E-state index contributed by atoms with van der Waals surface area (Å²) in [4.78, 5) is 11.9. The number of hydrogen-bond acceptors (Lipinski definition) is 4. The zero-order chi connectivity index (χ0) is 14.9. The minimum atomic E-state index is -0.254. The van der Waals surface area contributed by atoms with E-state index in [1.165, 1.54) is 7.11 Å². The Morgan fingerprint density at radius 2 is 1.33 bits per heavy atom. The Bertz CT molecular complexity index is 500. The molecule has 4 heteroatoms. The molecule has 0 aromatic heterocycles. The van der Waals surface area contributed by atoms with Gasteiger partial charge in [0.05, 0.1) is 13.0 Å². The molecular formula is C17H20N2O2. The van der Waals surface area contributed by atoms with Crippen LogP contribution in [0.4, 0.5) is 11.4 Å². The molecule has 0 heterocycles. The van der Waals surface area contributed by atoms with Gasteiger partial charge in [0.2, 0.25) is 0 Å². The molecular weight excluding hydrogens is 264 g/mol. The predicted molar refractivity (Wildman–Crippen MR) is 85.4 cm³/mol. The van der Waals surface area contributed by atoms with Crippen molar-refractivity contribution >= 4 is 17.3 Å². The molecule has 110 valence electrons. The van der Waals surface area contributed by atoms with Gasteiger partial charge in [-0.05, 0) is 24.3 Å². The van der Waals surface area contributed by atoms with Crippen LogP contribution >= 0.6 is 0 Å². The fourth-order valence-electron chi connectivity index (χ4n) is 2.00. The van der Waals surface area contributed by atoms with Gasteiger partial charge in [0.1, 0.15) is 0 Å². The highest BCUT2D eigenvalue weighted by atomic mass is 16.5. The lowest BCUT2D eigenvalue weighted by molar-refractivity contribution is -0.144. The van der Waals surface area contributed by atoms with Crippen LogP contribution < -0.4 is 10.6 Å². The topological polar surface area (TPSA) is 50.4 Å². The third-order valence-electron chi connectivity index (χ3n) is 3.19. The van der Waals surface area contributed by atoms with Crippen molar-refractivity contribution in [3.8, 4) is 0 Å². The summed E-state index contributed by atoms with van der Waals surface area (Å²) in [6, 6.07) is 19.6. The highest BCUT2D eigenvalue weighted by Gasteiger charge is 2.18. The van der Waals surface area contributed by atoms with Crippen molar-refractivity contribution in [3.63, 3.8) is 0 Å². The molecule has 0 aliphatic rings. The normalized spacial score (nSPS) is 10.2. The van der Waals surface area contributed by atoms with E-state index in [0.29, 0.717) is 13.1 Å². The van der Waals surface area contributed by atoms with Crippen molar-refractivity contribution in [2.45, 2.75) is 0 Å². The van der Waals surface area contributed by atoms with Gasteiger partial charge in [-0.1, -0.05) is 36.4 Å². The van der Waals surface area contributed by atoms with Crippen molar-refractivity contribution in [1.82, 2.24) is 0 Å². The second kappa shape index (κ2) is 7.94. The van der Waals surface area contributed by atoms with Crippen molar-refractivity contribution in [1.29, 1.82) is 0 Å². The van der Waals surface area contributed by atoms with Gasteiger partial charge < -0.3 is 15.4 Å². The van der Waals surface area contributed by atoms with E-state index in [-0.39, 0.29) is 11.9 Å². The van der Waals surface area contributed by atoms with Crippen LogP contribution in [-0.2, 0) is 9.53 Å². The molecule has 0 aliphatic heterocycles. The number of esters is 1. The maximum absolute atomic E-state index is 11.9. The van der Waals surface area contributed by atoms with E-state index in [0.717, 1.165) is 11.4 Å². The smallest absolute Gasteiger partial charge is 0.312 e. The summed E-state index contributed by atoms with van der Waals surface area (Å²) in [7, 11) is 1.42. The average Bonchev–Trinajstić information content (AvgIpc) is 2.56. The molecule has 0 fully saturated rings. The molecule has 0 saturated carbocycles. The Kier molecular flexibility index (Phi) is 5.64. The number of benzene rings is 2. The average molecular weight is 284 g/mol. The molecule has 0 spiro atoms. The van der Waals surface area contributed by atoms with Crippen LogP contribution in [0.15, 0.2) is 60.7 Å². The minimum Gasteiger partial charge on any atom is -0.469 e. The number of methoxy groups -OCH3 is 1. The number of para-hydroxylation sites is 2. The summed E-state index contributed by atoms with van der Waals surface area (Å²) in [5, 5.41) is 6.51. The standard InChI is InChI=1S/C17H20N2O2/c1-21-17(20)14(12-18-15-8-4-2-5-9-15)13-19-16-10-6-3-7-11-16/h2-11,14,18-19H,12-13H2,1H3. The van der Waals surface area contributed by atoms with Gasteiger partial charge in [0.15, 0.2) is 0 Å². The van der Waals surface area contributed by atoms with Crippen molar-refractivity contribution in [2.75, 3.05) is 30.8 Å². The Labute approximate surface area is 125 Å². The summed E-state index contributed by atoms with van der Waals surface area (Å²) < 4.78 is 4.87. The van der Waals surface area contributed by atoms with Crippen LogP contribution in [0.2, 0.25) is 0 Å². The fraction of sp³-hybridized carbons (Fsp3) is 0.235. The molecule has 0 bridgehead atoms. The first kappa shape index (κ1) is 14.9. The van der Waals surface area contributed by atoms with Gasteiger partial charge in [-0.15, -0.1) is 0 Å². The van der Waals surface area contributed by atoms with E-state index >= 15 is 0 Å². The van der Waals surface area contributed by atoms with E-state index in [1.807, 2.05) is 60.7 Å². The van der Waals surface area contributed by atoms with E-state index in [9.17, 15) is 4.79 Å².